The van der Waals surface area contributed by atoms with Crippen LogP contribution in [0.2, 0.25) is 0 Å². The van der Waals surface area contributed by atoms with Crippen LogP contribution in [0.4, 0.5) is 0 Å². The lowest BCUT2D eigenvalue weighted by atomic mass is 9.82. The second kappa shape index (κ2) is 7.46. The number of pyridine rings is 1. The molecule has 3 aromatic carbocycles. The van der Waals surface area contributed by atoms with Crippen molar-refractivity contribution in [1.82, 2.24) is 4.98 Å². The number of hydrogen-bond acceptors (Lipinski definition) is 3. The lowest BCUT2D eigenvalue weighted by molar-refractivity contribution is 0.595. The highest BCUT2D eigenvalue weighted by Crippen LogP contribution is 2.41. The van der Waals surface area contributed by atoms with Crippen LogP contribution < -0.4 is 0 Å². The van der Waals surface area contributed by atoms with E-state index in [1.54, 1.807) is 0 Å². The maximum atomic E-state index is 6.45. The Kier molecular flexibility index (Phi) is 4.60. The summed E-state index contributed by atoms with van der Waals surface area (Å²) in [6, 6.07) is 19.3. The lowest BCUT2D eigenvalue weighted by Gasteiger charge is -2.22. The van der Waals surface area contributed by atoms with Crippen LogP contribution in [0.5, 0.6) is 0 Å². The Labute approximate surface area is 199 Å². The first-order valence-electron chi connectivity index (χ1n) is 12.0. The first-order valence-corrected chi connectivity index (χ1v) is 12.0. The molecule has 0 amide bonds. The van der Waals surface area contributed by atoms with Crippen molar-refractivity contribution in [2.75, 3.05) is 0 Å². The third-order valence-corrected chi connectivity index (χ3v) is 6.74. The molecule has 6 rings (SSSR count). The van der Waals surface area contributed by atoms with E-state index in [2.05, 4.69) is 83.1 Å². The monoisotopic (exact) mass is 447 g/mol. The standard InChI is InChI=1S/C31H29NO2/c1-18(2)14-21-17-33-29-23(21)10-11-26-27(29)24-12-13-32-28(30(24)34-26)20-15-19-8-6-7-9-22(19)25(16-20)31(3,4)5/h6-13,15-18H,14H2,1-5H3. The molecule has 0 bridgehead atoms. The van der Waals surface area contributed by atoms with Crippen LogP contribution in [-0.4, -0.2) is 4.98 Å². The summed E-state index contributed by atoms with van der Waals surface area (Å²) in [6.07, 6.45) is 4.78. The summed E-state index contributed by atoms with van der Waals surface area (Å²) in [5.74, 6) is 0.568. The molecule has 6 aromatic rings. The second-order valence-electron chi connectivity index (χ2n) is 10.8. The van der Waals surface area contributed by atoms with Gasteiger partial charge in [0.2, 0.25) is 0 Å². The topological polar surface area (TPSA) is 39.2 Å². The summed E-state index contributed by atoms with van der Waals surface area (Å²) in [7, 11) is 0. The van der Waals surface area contributed by atoms with Gasteiger partial charge in [0, 0.05) is 22.5 Å². The van der Waals surface area contributed by atoms with Crippen LogP contribution in [0, 0.1) is 5.92 Å². The Morgan fingerprint density at radius 2 is 1.71 bits per heavy atom. The molecule has 0 N–H and O–H groups in total. The van der Waals surface area contributed by atoms with Gasteiger partial charge >= 0.3 is 0 Å². The summed E-state index contributed by atoms with van der Waals surface area (Å²) in [6.45, 7) is 11.2. The Morgan fingerprint density at radius 3 is 2.50 bits per heavy atom. The summed E-state index contributed by atoms with van der Waals surface area (Å²) < 4.78 is 12.6. The molecule has 0 saturated heterocycles. The van der Waals surface area contributed by atoms with Crippen LogP contribution in [0.3, 0.4) is 0 Å². The smallest absolute Gasteiger partial charge is 0.161 e. The number of fused-ring (bicyclic) bond motifs is 6. The molecule has 0 saturated carbocycles. The van der Waals surface area contributed by atoms with E-state index in [9.17, 15) is 0 Å². The number of nitrogens with zero attached hydrogens (tertiary/aromatic N) is 1. The molecular formula is C31H29NO2. The van der Waals surface area contributed by atoms with Gasteiger partial charge in [-0.2, -0.15) is 0 Å². The maximum absolute atomic E-state index is 6.45. The van der Waals surface area contributed by atoms with E-state index < -0.39 is 0 Å². The first-order chi connectivity index (χ1) is 16.3. The molecule has 3 nitrogen and oxygen atoms in total. The fourth-order valence-electron chi connectivity index (χ4n) is 5.20. The molecule has 0 aliphatic carbocycles. The van der Waals surface area contributed by atoms with Crippen molar-refractivity contribution in [2.24, 2.45) is 5.92 Å². The zero-order valence-electron chi connectivity index (χ0n) is 20.4. The van der Waals surface area contributed by atoms with E-state index >= 15 is 0 Å². The normalized spacial score (nSPS) is 12.6. The second-order valence-corrected chi connectivity index (χ2v) is 10.8. The Bertz CT molecular complexity index is 1690. The van der Waals surface area contributed by atoms with Gasteiger partial charge in [-0.1, -0.05) is 58.9 Å². The zero-order chi connectivity index (χ0) is 23.6. The van der Waals surface area contributed by atoms with Gasteiger partial charge in [0.1, 0.15) is 16.9 Å². The van der Waals surface area contributed by atoms with Crippen LogP contribution in [0.15, 0.2) is 75.9 Å². The maximum Gasteiger partial charge on any atom is 0.161 e. The molecule has 3 heterocycles. The number of furan rings is 2. The van der Waals surface area contributed by atoms with Gasteiger partial charge in [-0.3, -0.25) is 4.98 Å². The summed E-state index contributed by atoms with van der Waals surface area (Å²) in [4.78, 5) is 4.80. The van der Waals surface area contributed by atoms with Crippen LogP contribution in [0.25, 0.3) is 54.9 Å². The molecule has 3 aromatic heterocycles. The van der Waals surface area contributed by atoms with Crippen molar-refractivity contribution in [3.63, 3.8) is 0 Å². The molecule has 34 heavy (non-hydrogen) atoms. The average Bonchev–Trinajstić information content (AvgIpc) is 3.38. The quantitative estimate of drug-likeness (QED) is 0.272. The van der Waals surface area contributed by atoms with Gasteiger partial charge in [-0.25, -0.2) is 0 Å². The highest BCUT2D eigenvalue weighted by Gasteiger charge is 2.22. The molecule has 0 spiro atoms. The number of aromatic nitrogens is 1. The van der Waals surface area contributed by atoms with Crippen LogP contribution in [-0.2, 0) is 11.8 Å². The zero-order valence-corrected chi connectivity index (χ0v) is 20.4. The van der Waals surface area contributed by atoms with E-state index in [4.69, 9.17) is 13.8 Å². The number of benzene rings is 3. The molecule has 0 radical (unpaired) electrons. The fraction of sp³-hybridized carbons (Fsp3) is 0.258. The summed E-state index contributed by atoms with van der Waals surface area (Å²) in [5.41, 5.74) is 7.04. The highest BCUT2D eigenvalue weighted by molar-refractivity contribution is 6.19. The summed E-state index contributed by atoms with van der Waals surface area (Å²) in [5, 5.41) is 5.74. The van der Waals surface area contributed by atoms with Crippen molar-refractivity contribution in [2.45, 2.75) is 46.5 Å². The largest absolute Gasteiger partial charge is 0.463 e. The van der Waals surface area contributed by atoms with Gasteiger partial charge in [0.15, 0.2) is 5.58 Å². The van der Waals surface area contributed by atoms with Crippen molar-refractivity contribution < 1.29 is 8.83 Å². The molecule has 170 valence electrons. The van der Waals surface area contributed by atoms with E-state index in [-0.39, 0.29) is 5.41 Å². The molecular weight excluding hydrogens is 418 g/mol. The minimum Gasteiger partial charge on any atom is -0.463 e. The minimum absolute atomic E-state index is 0.00450. The Hall–Kier alpha value is -3.59. The Balaban J connectivity index is 1.64. The third-order valence-electron chi connectivity index (χ3n) is 6.74. The van der Waals surface area contributed by atoms with Gasteiger partial charge < -0.3 is 8.83 Å². The van der Waals surface area contributed by atoms with Crippen molar-refractivity contribution in [3.05, 3.63) is 78.2 Å². The Morgan fingerprint density at radius 1 is 0.882 bits per heavy atom. The minimum atomic E-state index is 0.00450. The van der Waals surface area contributed by atoms with E-state index in [0.29, 0.717) is 5.92 Å². The molecule has 0 atom stereocenters. The molecule has 3 heteroatoms. The van der Waals surface area contributed by atoms with Crippen LogP contribution in [0.1, 0.15) is 45.7 Å². The predicted octanol–water partition coefficient (Wildman–Crippen LogP) is 9.04. The molecule has 0 unspecified atom stereocenters. The number of hydrogen-bond donors (Lipinski definition) is 0. The van der Waals surface area contributed by atoms with Gasteiger partial charge in [0.25, 0.3) is 0 Å². The van der Waals surface area contributed by atoms with Crippen LogP contribution >= 0.6 is 0 Å². The third kappa shape index (κ3) is 3.22. The van der Waals surface area contributed by atoms with E-state index in [0.717, 1.165) is 45.2 Å². The number of rotatable bonds is 3. The predicted molar refractivity (Wildman–Crippen MR) is 141 cm³/mol. The van der Waals surface area contributed by atoms with Crippen molar-refractivity contribution >= 4 is 43.7 Å². The van der Waals surface area contributed by atoms with Gasteiger partial charge in [-0.05, 0) is 70.0 Å². The molecule has 0 aliphatic rings. The highest BCUT2D eigenvalue weighted by atomic mass is 16.3. The fourth-order valence-corrected chi connectivity index (χ4v) is 5.20. The van der Waals surface area contributed by atoms with Gasteiger partial charge in [-0.15, -0.1) is 0 Å². The van der Waals surface area contributed by atoms with E-state index in [1.165, 1.54) is 27.3 Å². The van der Waals surface area contributed by atoms with Crippen molar-refractivity contribution in [1.29, 1.82) is 0 Å². The molecule has 0 aliphatic heterocycles. The SMILES string of the molecule is CC(C)Cc1coc2c1ccc1oc3c(-c4cc(C(C)(C)C)c5ccccc5c4)nccc3c12. The first kappa shape index (κ1) is 21.0. The molecule has 0 fully saturated rings. The summed E-state index contributed by atoms with van der Waals surface area (Å²) >= 11 is 0. The lowest BCUT2D eigenvalue weighted by Crippen LogP contribution is -2.12. The van der Waals surface area contributed by atoms with E-state index in [1.807, 2.05) is 18.5 Å². The average molecular weight is 448 g/mol. The van der Waals surface area contributed by atoms with Crippen molar-refractivity contribution in [3.8, 4) is 11.3 Å². The van der Waals surface area contributed by atoms with Gasteiger partial charge in [0.05, 0.1) is 11.6 Å².